The minimum Gasteiger partial charge on any atom is -0.369 e. The third-order valence-electron chi connectivity index (χ3n) is 5.06. The van der Waals surface area contributed by atoms with Crippen molar-refractivity contribution in [1.29, 1.82) is 0 Å². The van der Waals surface area contributed by atoms with Crippen LogP contribution in [0.2, 0.25) is 0 Å². The first-order valence-corrected chi connectivity index (χ1v) is 13.2. The van der Waals surface area contributed by atoms with E-state index in [1.165, 1.54) is 28.4 Å². The van der Waals surface area contributed by atoms with Crippen molar-refractivity contribution < 1.29 is 9.59 Å². The molecule has 2 aromatic rings. The number of aromatic nitrogens is 4. The molecule has 0 spiro atoms. The van der Waals surface area contributed by atoms with Crippen LogP contribution in [-0.4, -0.2) is 88.6 Å². The molecule has 2 aromatic heterocycles. The summed E-state index contributed by atoms with van der Waals surface area (Å²) in [5, 5.41) is 18.7. The molecule has 2 rings (SSSR count). The summed E-state index contributed by atoms with van der Waals surface area (Å²) < 4.78 is 0. The summed E-state index contributed by atoms with van der Waals surface area (Å²) >= 11 is 1.42. The number of hydrogen-bond donors (Lipinski definition) is 3. The maximum Gasteiger partial charge on any atom is 0.246 e. The van der Waals surface area contributed by atoms with Crippen molar-refractivity contribution in [3.05, 3.63) is 41.6 Å². The quantitative estimate of drug-likeness (QED) is 0.144. The molecule has 11 nitrogen and oxygen atoms in total. The van der Waals surface area contributed by atoms with Crippen molar-refractivity contribution in [2.24, 2.45) is 0 Å². The molecule has 2 amide bonds. The molecule has 1 atom stereocenters. The molecule has 12 heteroatoms. The molecule has 0 aromatic carbocycles. The summed E-state index contributed by atoms with van der Waals surface area (Å²) in [6.45, 7) is 9.48. The molecule has 0 bridgehead atoms. The molecule has 3 N–H and O–H groups in total. The van der Waals surface area contributed by atoms with E-state index < -0.39 is 6.04 Å². The van der Waals surface area contributed by atoms with Crippen LogP contribution in [0, 0.1) is 18.8 Å². The fourth-order valence-corrected chi connectivity index (χ4v) is 3.65. The largest absolute Gasteiger partial charge is 0.369 e. The molecule has 0 unspecified atom stereocenters. The van der Waals surface area contributed by atoms with Gasteiger partial charge in [0.2, 0.25) is 22.9 Å². The van der Waals surface area contributed by atoms with Gasteiger partial charge < -0.3 is 20.4 Å². The van der Waals surface area contributed by atoms with Crippen molar-refractivity contribution in [2.75, 3.05) is 51.4 Å². The Morgan fingerprint density at radius 2 is 2.03 bits per heavy atom. The average Bonchev–Trinajstić information content (AvgIpc) is 3.29. The Morgan fingerprint density at radius 1 is 1.24 bits per heavy atom. The Kier molecular flexibility index (Phi) is 12.9. The molecule has 0 aliphatic carbocycles. The molecule has 0 aliphatic heterocycles. The zero-order valence-electron chi connectivity index (χ0n) is 22.7. The molecule has 0 saturated heterocycles. The number of hydrogen-bond acceptors (Lipinski definition) is 10. The SMILES string of the molecule is C=C[C@@H](C(=O)NCCCC#Cc1cnc(Nc2nnc(C)s2)nc1NCCC)N(C)C(=O)/C=C/CN(C)C. The fourth-order valence-electron chi connectivity index (χ4n) is 3.07. The standard InChI is InChI=1S/C26H37N9O2S/c1-7-15-27-23-20(18-29-25(30-23)31-26-33-32-19(3)38-26)13-10-9-11-16-28-24(37)21(8-2)35(6)22(36)14-12-17-34(4)5/h8,12,14,18,21H,2,7,9,11,15-17H2,1,3-6H3,(H,28,37)(H2,27,29,30,31,33)/b14-12+/t21-/m0/s1. The number of rotatable bonds is 14. The van der Waals surface area contributed by atoms with Gasteiger partial charge in [0.15, 0.2) is 0 Å². The fraction of sp³-hybridized carbons (Fsp3) is 0.462. The predicted octanol–water partition coefficient (Wildman–Crippen LogP) is 2.58. The molecular formula is C26H37N9O2S. The number of carbonyl (C=O) groups excluding carboxylic acids is 2. The smallest absolute Gasteiger partial charge is 0.246 e. The first-order valence-electron chi connectivity index (χ1n) is 12.4. The van der Waals surface area contributed by atoms with Gasteiger partial charge in [-0.3, -0.25) is 14.9 Å². The van der Waals surface area contributed by atoms with E-state index >= 15 is 0 Å². The maximum absolute atomic E-state index is 12.6. The van der Waals surface area contributed by atoms with E-state index in [0.717, 1.165) is 18.0 Å². The lowest BCUT2D eigenvalue weighted by molar-refractivity contribution is -0.133. The van der Waals surface area contributed by atoms with E-state index in [0.29, 0.717) is 48.4 Å². The highest BCUT2D eigenvalue weighted by atomic mass is 32.1. The van der Waals surface area contributed by atoms with Crippen LogP contribution in [0.3, 0.4) is 0 Å². The normalized spacial score (nSPS) is 11.5. The zero-order chi connectivity index (χ0) is 27.9. The van der Waals surface area contributed by atoms with Gasteiger partial charge in [-0.25, -0.2) is 4.98 Å². The van der Waals surface area contributed by atoms with Crippen LogP contribution in [0.1, 0.15) is 36.8 Å². The van der Waals surface area contributed by atoms with Crippen molar-refractivity contribution in [2.45, 2.75) is 39.2 Å². The maximum atomic E-state index is 12.6. The van der Waals surface area contributed by atoms with E-state index in [4.69, 9.17) is 0 Å². The third-order valence-corrected chi connectivity index (χ3v) is 5.82. The van der Waals surface area contributed by atoms with Crippen LogP contribution >= 0.6 is 11.3 Å². The predicted molar refractivity (Wildman–Crippen MR) is 152 cm³/mol. The third kappa shape index (κ3) is 10.3. The van der Waals surface area contributed by atoms with Gasteiger partial charge in [0.05, 0.1) is 11.8 Å². The van der Waals surface area contributed by atoms with E-state index in [9.17, 15) is 9.59 Å². The number of amides is 2. The summed E-state index contributed by atoms with van der Waals surface area (Å²) in [5.41, 5.74) is 0.690. The van der Waals surface area contributed by atoms with Gasteiger partial charge in [0.25, 0.3) is 0 Å². The Morgan fingerprint density at radius 3 is 2.68 bits per heavy atom. The Hall–Kier alpha value is -3.82. The van der Waals surface area contributed by atoms with Crippen LogP contribution in [-0.2, 0) is 9.59 Å². The van der Waals surface area contributed by atoms with E-state index in [-0.39, 0.29) is 11.8 Å². The number of likely N-dealkylation sites (N-methyl/N-ethyl adjacent to an activating group) is 2. The summed E-state index contributed by atoms with van der Waals surface area (Å²) in [6.07, 6.45) is 8.51. The summed E-state index contributed by atoms with van der Waals surface area (Å²) in [5.74, 6) is 6.76. The zero-order valence-corrected chi connectivity index (χ0v) is 23.6. The van der Waals surface area contributed by atoms with Gasteiger partial charge >= 0.3 is 0 Å². The lowest BCUT2D eigenvalue weighted by atomic mass is 10.2. The van der Waals surface area contributed by atoms with E-state index in [1.54, 1.807) is 19.3 Å². The van der Waals surface area contributed by atoms with Gasteiger partial charge in [-0.2, -0.15) is 4.98 Å². The van der Waals surface area contributed by atoms with Gasteiger partial charge in [-0.15, -0.1) is 16.8 Å². The van der Waals surface area contributed by atoms with Gasteiger partial charge in [-0.05, 0) is 33.9 Å². The molecular weight excluding hydrogens is 502 g/mol. The molecule has 204 valence electrons. The van der Waals surface area contributed by atoms with Gasteiger partial charge in [0, 0.05) is 39.2 Å². The second-order valence-electron chi connectivity index (χ2n) is 8.62. The van der Waals surface area contributed by atoms with E-state index in [2.05, 4.69) is 61.5 Å². The van der Waals surface area contributed by atoms with Crippen molar-refractivity contribution in [3.8, 4) is 11.8 Å². The average molecular weight is 540 g/mol. The highest BCUT2D eigenvalue weighted by molar-refractivity contribution is 7.15. The summed E-state index contributed by atoms with van der Waals surface area (Å²) in [4.78, 5) is 37.1. The van der Waals surface area contributed by atoms with Crippen LogP contribution < -0.4 is 16.0 Å². The van der Waals surface area contributed by atoms with Crippen LogP contribution in [0.5, 0.6) is 0 Å². The molecule has 0 saturated carbocycles. The van der Waals surface area contributed by atoms with Crippen LogP contribution in [0.15, 0.2) is 31.0 Å². The molecule has 38 heavy (non-hydrogen) atoms. The van der Waals surface area contributed by atoms with Crippen molar-refractivity contribution >= 4 is 40.0 Å². The minimum atomic E-state index is -0.752. The van der Waals surface area contributed by atoms with E-state index in [1.807, 2.05) is 25.9 Å². The second-order valence-corrected chi connectivity index (χ2v) is 9.81. The van der Waals surface area contributed by atoms with Gasteiger partial charge in [-0.1, -0.05) is 42.3 Å². The Labute approximate surface area is 228 Å². The lowest BCUT2D eigenvalue weighted by Crippen LogP contribution is -2.46. The first-order chi connectivity index (χ1) is 18.2. The number of nitrogens with zero attached hydrogens (tertiary/aromatic N) is 6. The summed E-state index contributed by atoms with van der Waals surface area (Å²) in [6, 6.07) is -0.752. The minimum absolute atomic E-state index is 0.257. The summed E-state index contributed by atoms with van der Waals surface area (Å²) in [7, 11) is 5.41. The number of aryl methyl sites for hydroxylation is 1. The number of anilines is 3. The molecule has 0 aliphatic rings. The van der Waals surface area contributed by atoms with Crippen LogP contribution in [0.25, 0.3) is 0 Å². The number of carbonyl (C=O) groups is 2. The van der Waals surface area contributed by atoms with Crippen LogP contribution in [0.4, 0.5) is 16.9 Å². The topological polar surface area (TPSA) is 128 Å². The number of nitrogens with one attached hydrogen (secondary N) is 3. The Balaban J connectivity index is 1.89. The highest BCUT2D eigenvalue weighted by Gasteiger charge is 2.22. The molecule has 0 fully saturated rings. The monoisotopic (exact) mass is 539 g/mol. The Bertz CT molecular complexity index is 1170. The lowest BCUT2D eigenvalue weighted by Gasteiger charge is -2.23. The van der Waals surface area contributed by atoms with Crippen molar-refractivity contribution in [3.63, 3.8) is 0 Å². The first kappa shape index (κ1) is 30.4. The van der Waals surface area contributed by atoms with Gasteiger partial charge in [0.1, 0.15) is 16.9 Å². The molecule has 2 heterocycles. The second kappa shape index (κ2) is 16.1. The highest BCUT2D eigenvalue weighted by Crippen LogP contribution is 2.20. The molecule has 0 radical (unpaired) electrons. The van der Waals surface area contributed by atoms with Crippen molar-refractivity contribution in [1.82, 2.24) is 35.3 Å². The number of unbranched alkanes of at least 4 members (excludes halogenated alkanes) is 1.